The van der Waals surface area contributed by atoms with Crippen molar-refractivity contribution >= 4 is 35.2 Å². The summed E-state index contributed by atoms with van der Waals surface area (Å²) in [5, 5.41) is 6.10. The fourth-order valence-corrected chi connectivity index (χ4v) is 4.68. The minimum absolute atomic E-state index is 0.0777. The number of halogens is 12. The van der Waals surface area contributed by atoms with Gasteiger partial charge in [-0.3, -0.25) is 0 Å². The topological polar surface area (TPSA) is 126 Å². The molecule has 12 nitrogen and oxygen atoms in total. The van der Waals surface area contributed by atoms with E-state index in [1.807, 2.05) is 38.1 Å². The molecule has 4 aromatic rings. The fourth-order valence-electron chi connectivity index (χ4n) is 4.68. The zero-order valence-corrected chi connectivity index (χ0v) is 27.5. The van der Waals surface area contributed by atoms with Crippen LogP contribution in [0, 0.1) is 13.8 Å². The molecule has 54 heavy (non-hydrogen) atoms. The van der Waals surface area contributed by atoms with Gasteiger partial charge in [-0.1, -0.05) is 35.4 Å². The summed E-state index contributed by atoms with van der Waals surface area (Å²) in [5.74, 6) is -0.682. The van der Waals surface area contributed by atoms with Crippen molar-refractivity contribution in [1.82, 2.24) is 29.9 Å². The molecule has 2 N–H and O–H groups in total. The maximum atomic E-state index is 13.2. The lowest BCUT2D eigenvalue weighted by molar-refractivity contribution is -0.302. The Morgan fingerprint density at radius 2 is 0.796 bits per heavy atom. The van der Waals surface area contributed by atoms with Gasteiger partial charge in [0.2, 0.25) is 23.8 Å². The van der Waals surface area contributed by atoms with Crippen LogP contribution in [0.2, 0.25) is 0 Å². The third-order valence-electron chi connectivity index (χ3n) is 7.30. The van der Waals surface area contributed by atoms with Crippen molar-refractivity contribution in [3.63, 3.8) is 0 Å². The number of aromatic nitrogens is 6. The number of nitrogens with one attached hydrogen (secondary N) is 2. The van der Waals surface area contributed by atoms with E-state index < -0.39 is 54.9 Å². The average molecular weight is 787 g/mol. The molecule has 0 atom stereocenters. The lowest BCUT2D eigenvalue weighted by atomic mass is 10.2. The molecule has 292 valence electrons. The van der Waals surface area contributed by atoms with E-state index in [2.05, 4.69) is 50.0 Å². The summed E-state index contributed by atoms with van der Waals surface area (Å²) in [5.41, 5.74) is 3.19. The van der Waals surface area contributed by atoms with Gasteiger partial charge in [-0.15, -0.1) is 4.98 Å². The summed E-state index contributed by atoms with van der Waals surface area (Å²) in [6, 6.07) is 10.6. The summed E-state index contributed by atoms with van der Waals surface area (Å²) >= 11 is 0. The van der Waals surface area contributed by atoms with Crippen molar-refractivity contribution in [1.29, 1.82) is 0 Å². The number of nitrogens with zero attached hydrogens (tertiary/aromatic N) is 8. The van der Waals surface area contributed by atoms with E-state index in [-0.39, 0.29) is 44.0 Å². The molecular formula is C30H26F12N10O2. The summed E-state index contributed by atoms with van der Waals surface area (Å²) in [7, 11) is 0. The van der Waals surface area contributed by atoms with Crippen molar-refractivity contribution in [2.45, 2.75) is 50.8 Å². The molecule has 1 saturated heterocycles. The normalized spacial score (nSPS) is 14.4. The van der Waals surface area contributed by atoms with Crippen LogP contribution in [-0.2, 0) is 0 Å². The van der Waals surface area contributed by atoms with Gasteiger partial charge >= 0.3 is 36.7 Å². The average Bonchev–Trinajstić information content (AvgIpc) is 3.06. The number of anilines is 6. The number of aryl methyl sites for hydroxylation is 2. The molecule has 0 bridgehead atoms. The van der Waals surface area contributed by atoms with Gasteiger partial charge < -0.3 is 29.9 Å². The molecule has 1 aliphatic heterocycles. The quantitative estimate of drug-likeness (QED) is 0.158. The number of hydrogen-bond acceptors (Lipinski definition) is 12. The molecule has 0 aliphatic carbocycles. The van der Waals surface area contributed by atoms with E-state index in [1.165, 1.54) is 0 Å². The highest BCUT2D eigenvalue weighted by molar-refractivity contribution is 5.60. The Morgan fingerprint density at radius 3 is 1.11 bits per heavy atom. The molecule has 1 fully saturated rings. The predicted octanol–water partition coefficient (Wildman–Crippen LogP) is 7.23. The monoisotopic (exact) mass is 786 g/mol. The first-order valence-corrected chi connectivity index (χ1v) is 15.3. The molecule has 0 radical (unpaired) electrons. The number of ether oxygens (including phenoxy) is 2. The maximum absolute atomic E-state index is 13.2. The summed E-state index contributed by atoms with van der Waals surface area (Å²) < 4.78 is 166. The molecule has 2 aromatic carbocycles. The largest absolute Gasteiger partial charge is 0.440 e. The number of rotatable bonds is 10. The van der Waals surface area contributed by atoms with Crippen LogP contribution in [0.3, 0.4) is 0 Å². The SMILES string of the molecule is Cc1ccc(Nc2nc(Nc3ccc(C)cc3)nc(N3CCN(c4nc(OC(C(F)(F)F)C(F)(F)F)nc(OC(C(F)(F)F)C(F)(F)F)n4)CC3)n2)cc1. The standard InChI is InChI=1S/C30H26F12N10O2/c1-15-3-7-17(8-4-15)43-21-45-22(44-18-9-5-16(2)6-10-18)47-23(46-21)51-11-13-52(14-12-51)24-48-25(53-19(27(31,32)33)28(34,35)36)50-26(49-24)54-20(29(37,38)39)30(40,41)42/h3-10,19-20H,11-14H2,1-2H3,(H2,43,44,45,46,47). The Labute approximate surface area is 296 Å². The molecule has 3 heterocycles. The molecule has 0 unspecified atom stereocenters. The zero-order chi connectivity index (χ0) is 39.6. The van der Waals surface area contributed by atoms with Crippen molar-refractivity contribution in [3.8, 4) is 12.0 Å². The van der Waals surface area contributed by atoms with Crippen molar-refractivity contribution < 1.29 is 62.2 Å². The minimum Gasteiger partial charge on any atom is -0.440 e. The highest BCUT2D eigenvalue weighted by Crippen LogP contribution is 2.38. The third-order valence-corrected chi connectivity index (χ3v) is 7.30. The maximum Gasteiger partial charge on any atom is 0.434 e. The van der Waals surface area contributed by atoms with Gasteiger partial charge in [0.1, 0.15) is 0 Å². The Hall–Kier alpha value is -5.58. The summed E-state index contributed by atoms with van der Waals surface area (Å²) in [6.07, 6.45) is -33.8. The van der Waals surface area contributed by atoms with Crippen LogP contribution in [0.25, 0.3) is 0 Å². The van der Waals surface area contributed by atoms with Crippen LogP contribution in [0.5, 0.6) is 12.0 Å². The zero-order valence-electron chi connectivity index (χ0n) is 27.5. The molecular weight excluding hydrogens is 760 g/mol. The lowest BCUT2D eigenvalue weighted by Crippen LogP contribution is -2.49. The Morgan fingerprint density at radius 1 is 0.481 bits per heavy atom. The third kappa shape index (κ3) is 10.3. The van der Waals surface area contributed by atoms with Gasteiger partial charge in [-0.25, -0.2) is 0 Å². The highest BCUT2D eigenvalue weighted by atomic mass is 19.4. The molecule has 1 aliphatic rings. The van der Waals surface area contributed by atoms with Crippen molar-refractivity contribution in [2.24, 2.45) is 0 Å². The second kappa shape index (κ2) is 15.0. The van der Waals surface area contributed by atoms with E-state index in [0.717, 1.165) is 16.0 Å². The van der Waals surface area contributed by atoms with Crippen LogP contribution < -0.4 is 29.9 Å². The Balaban J connectivity index is 1.44. The fraction of sp³-hybridized carbons (Fsp3) is 0.400. The molecule has 0 amide bonds. The van der Waals surface area contributed by atoms with Gasteiger partial charge in [-0.05, 0) is 38.1 Å². The number of benzene rings is 2. The van der Waals surface area contributed by atoms with Crippen LogP contribution in [0.4, 0.5) is 87.9 Å². The van der Waals surface area contributed by atoms with Gasteiger partial charge in [0.25, 0.3) is 12.2 Å². The van der Waals surface area contributed by atoms with E-state index in [9.17, 15) is 52.7 Å². The predicted molar refractivity (Wildman–Crippen MR) is 166 cm³/mol. The van der Waals surface area contributed by atoms with Crippen LogP contribution in [0.1, 0.15) is 11.1 Å². The van der Waals surface area contributed by atoms with Gasteiger partial charge in [0.15, 0.2) is 0 Å². The van der Waals surface area contributed by atoms with E-state index >= 15 is 0 Å². The number of piperazine rings is 1. The van der Waals surface area contributed by atoms with Crippen molar-refractivity contribution in [2.75, 3.05) is 46.6 Å². The van der Waals surface area contributed by atoms with Crippen LogP contribution in [0.15, 0.2) is 48.5 Å². The van der Waals surface area contributed by atoms with Gasteiger partial charge in [0, 0.05) is 37.6 Å². The Bertz CT molecular complexity index is 1740. The second-order valence-electron chi connectivity index (χ2n) is 11.6. The molecule has 5 rings (SSSR count). The van der Waals surface area contributed by atoms with E-state index in [4.69, 9.17) is 0 Å². The van der Waals surface area contributed by atoms with Crippen LogP contribution in [-0.4, -0.2) is 93.0 Å². The lowest BCUT2D eigenvalue weighted by Gasteiger charge is -2.35. The summed E-state index contributed by atoms with van der Waals surface area (Å²) in [6.45, 7) is 3.07. The van der Waals surface area contributed by atoms with Crippen molar-refractivity contribution in [3.05, 3.63) is 59.7 Å². The number of hydrogen-bond donors (Lipinski definition) is 2. The highest BCUT2D eigenvalue weighted by Gasteiger charge is 2.61. The number of alkyl halides is 12. The van der Waals surface area contributed by atoms with Gasteiger partial charge in [0.05, 0.1) is 0 Å². The summed E-state index contributed by atoms with van der Waals surface area (Å²) in [4.78, 5) is 25.4. The molecule has 2 aromatic heterocycles. The minimum atomic E-state index is -6.15. The Kier molecular flexibility index (Phi) is 11.0. The van der Waals surface area contributed by atoms with E-state index in [1.54, 1.807) is 29.2 Å². The first-order valence-electron chi connectivity index (χ1n) is 15.3. The molecule has 0 saturated carbocycles. The van der Waals surface area contributed by atoms with Crippen LogP contribution >= 0.6 is 0 Å². The molecule has 24 heteroatoms. The smallest absolute Gasteiger partial charge is 0.434 e. The first-order chi connectivity index (χ1) is 25.0. The first kappa shape index (κ1) is 39.6. The van der Waals surface area contributed by atoms with Gasteiger partial charge in [-0.2, -0.15) is 77.6 Å². The van der Waals surface area contributed by atoms with E-state index in [0.29, 0.717) is 11.4 Å². The molecule has 0 spiro atoms. The second-order valence-corrected chi connectivity index (χ2v) is 11.6.